The van der Waals surface area contributed by atoms with Gasteiger partial charge in [-0.05, 0) is 42.0 Å². The van der Waals surface area contributed by atoms with Crippen molar-refractivity contribution in [1.29, 1.82) is 0 Å². The molecule has 0 saturated carbocycles. The molecule has 0 radical (unpaired) electrons. The zero-order valence-electron chi connectivity index (χ0n) is 15.3. The second-order valence-electron chi connectivity index (χ2n) is 6.25. The zero-order valence-corrected chi connectivity index (χ0v) is 16.1. The highest BCUT2D eigenvalue weighted by atomic mass is 32.1. The summed E-state index contributed by atoms with van der Waals surface area (Å²) in [7, 11) is 3.37. The molecule has 26 heavy (non-hydrogen) atoms. The number of piperazine rings is 1. The van der Waals surface area contributed by atoms with Gasteiger partial charge in [-0.15, -0.1) is 0 Å². The van der Waals surface area contributed by atoms with E-state index in [1.54, 1.807) is 14.2 Å². The van der Waals surface area contributed by atoms with Crippen LogP contribution in [-0.4, -0.2) is 55.3 Å². The molecule has 0 amide bonds. The van der Waals surface area contributed by atoms with Crippen LogP contribution in [0.5, 0.6) is 11.5 Å². The van der Waals surface area contributed by atoms with Crippen molar-refractivity contribution in [3.05, 3.63) is 54.1 Å². The van der Waals surface area contributed by atoms with Gasteiger partial charge in [0, 0.05) is 32.7 Å². The SMILES string of the molecule is COc1cccc(CN2CCN(C(=S)Nc3ccccc3OC)CC2)c1. The largest absolute Gasteiger partial charge is 0.497 e. The second-order valence-corrected chi connectivity index (χ2v) is 6.63. The third-order valence-corrected chi connectivity index (χ3v) is 4.91. The number of hydrogen-bond acceptors (Lipinski definition) is 4. The molecule has 1 aliphatic heterocycles. The molecule has 1 saturated heterocycles. The maximum atomic E-state index is 5.59. The molecule has 0 atom stereocenters. The number of ether oxygens (including phenoxy) is 2. The summed E-state index contributed by atoms with van der Waals surface area (Å²) in [6.07, 6.45) is 0. The van der Waals surface area contributed by atoms with Crippen molar-refractivity contribution in [2.75, 3.05) is 45.7 Å². The third-order valence-electron chi connectivity index (χ3n) is 4.55. The minimum atomic E-state index is 0.746. The van der Waals surface area contributed by atoms with Crippen molar-refractivity contribution in [3.8, 4) is 11.5 Å². The number of para-hydroxylation sites is 2. The summed E-state index contributed by atoms with van der Waals surface area (Å²) in [4.78, 5) is 4.65. The maximum absolute atomic E-state index is 5.59. The second kappa shape index (κ2) is 8.87. The number of benzene rings is 2. The van der Waals surface area contributed by atoms with E-state index >= 15 is 0 Å². The molecule has 6 heteroatoms. The zero-order chi connectivity index (χ0) is 18.4. The van der Waals surface area contributed by atoms with Gasteiger partial charge in [0.25, 0.3) is 0 Å². The molecule has 138 valence electrons. The first kappa shape index (κ1) is 18.5. The van der Waals surface area contributed by atoms with Crippen LogP contribution in [0, 0.1) is 0 Å². The summed E-state index contributed by atoms with van der Waals surface area (Å²) < 4.78 is 10.7. The lowest BCUT2D eigenvalue weighted by Gasteiger charge is -2.36. The monoisotopic (exact) mass is 371 g/mol. The van der Waals surface area contributed by atoms with Gasteiger partial charge in [0.2, 0.25) is 0 Å². The fraction of sp³-hybridized carbons (Fsp3) is 0.350. The molecule has 0 aliphatic carbocycles. The predicted molar refractivity (Wildman–Crippen MR) is 109 cm³/mol. The van der Waals surface area contributed by atoms with Crippen LogP contribution in [0.1, 0.15) is 5.56 Å². The Morgan fingerprint density at radius 1 is 1.00 bits per heavy atom. The maximum Gasteiger partial charge on any atom is 0.173 e. The highest BCUT2D eigenvalue weighted by Crippen LogP contribution is 2.23. The molecule has 0 unspecified atom stereocenters. The topological polar surface area (TPSA) is 37.0 Å². The minimum absolute atomic E-state index is 0.746. The van der Waals surface area contributed by atoms with E-state index in [-0.39, 0.29) is 0 Å². The molecule has 1 fully saturated rings. The first-order valence-corrected chi connectivity index (χ1v) is 9.14. The highest BCUT2D eigenvalue weighted by Gasteiger charge is 2.19. The fourth-order valence-electron chi connectivity index (χ4n) is 3.08. The number of thiocarbonyl (C=S) groups is 1. The Bertz CT molecular complexity index is 745. The van der Waals surface area contributed by atoms with E-state index in [0.717, 1.165) is 55.0 Å². The van der Waals surface area contributed by atoms with Crippen LogP contribution in [0.3, 0.4) is 0 Å². The van der Waals surface area contributed by atoms with Gasteiger partial charge < -0.3 is 19.7 Å². The molecule has 5 nitrogen and oxygen atoms in total. The van der Waals surface area contributed by atoms with Crippen molar-refractivity contribution < 1.29 is 9.47 Å². The van der Waals surface area contributed by atoms with E-state index in [2.05, 4.69) is 27.2 Å². The van der Waals surface area contributed by atoms with Gasteiger partial charge >= 0.3 is 0 Å². The van der Waals surface area contributed by atoms with E-state index in [9.17, 15) is 0 Å². The van der Waals surface area contributed by atoms with Crippen molar-refractivity contribution in [1.82, 2.24) is 9.80 Å². The Kier molecular flexibility index (Phi) is 6.30. The average Bonchev–Trinajstić information content (AvgIpc) is 2.69. The van der Waals surface area contributed by atoms with Crippen molar-refractivity contribution in [2.24, 2.45) is 0 Å². The van der Waals surface area contributed by atoms with Crippen LogP contribution in [0.4, 0.5) is 5.69 Å². The van der Waals surface area contributed by atoms with Crippen LogP contribution in [0.15, 0.2) is 48.5 Å². The first-order chi connectivity index (χ1) is 12.7. The van der Waals surface area contributed by atoms with Gasteiger partial charge in [-0.1, -0.05) is 24.3 Å². The van der Waals surface area contributed by atoms with Crippen molar-refractivity contribution >= 4 is 23.0 Å². The molecular weight excluding hydrogens is 346 g/mol. The molecule has 1 heterocycles. The Hall–Kier alpha value is -2.31. The number of methoxy groups -OCH3 is 2. The predicted octanol–water partition coefficient (Wildman–Crippen LogP) is 3.22. The Balaban J connectivity index is 1.52. The molecule has 1 N–H and O–H groups in total. The van der Waals surface area contributed by atoms with Gasteiger partial charge in [0.15, 0.2) is 5.11 Å². The summed E-state index contributed by atoms with van der Waals surface area (Å²) in [5, 5.41) is 4.05. The highest BCUT2D eigenvalue weighted by molar-refractivity contribution is 7.80. The summed E-state index contributed by atoms with van der Waals surface area (Å²) in [5.41, 5.74) is 2.17. The number of hydrogen-bond donors (Lipinski definition) is 1. The number of nitrogens with one attached hydrogen (secondary N) is 1. The van der Waals surface area contributed by atoms with Gasteiger partial charge in [-0.3, -0.25) is 4.90 Å². The van der Waals surface area contributed by atoms with Gasteiger partial charge in [0.1, 0.15) is 11.5 Å². The molecule has 0 bridgehead atoms. The van der Waals surface area contributed by atoms with E-state index < -0.39 is 0 Å². The molecule has 3 rings (SSSR count). The lowest BCUT2D eigenvalue weighted by atomic mass is 10.2. The molecule has 2 aromatic rings. The summed E-state index contributed by atoms with van der Waals surface area (Å²) in [6, 6.07) is 16.1. The van der Waals surface area contributed by atoms with Crippen molar-refractivity contribution in [2.45, 2.75) is 6.54 Å². The first-order valence-electron chi connectivity index (χ1n) is 8.74. The summed E-state index contributed by atoms with van der Waals surface area (Å²) in [6.45, 7) is 4.70. The molecular formula is C20H25N3O2S. The number of anilines is 1. The molecule has 2 aromatic carbocycles. The lowest BCUT2D eigenvalue weighted by Crippen LogP contribution is -2.49. The van der Waals surface area contributed by atoms with E-state index in [1.807, 2.05) is 36.4 Å². The van der Waals surface area contributed by atoms with Gasteiger partial charge in [-0.25, -0.2) is 0 Å². The minimum Gasteiger partial charge on any atom is -0.497 e. The van der Waals surface area contributed by atoms with Gasteiger partial charge in [0.05, 0.1) is 19.9 Å². The van der Waals surface area contributed by atoms with E-state index in [0.29, 0.717) is 0 Å². The standard InChI is InChI=1S/C20H25N3O2S/c1-24-17-7-5-6-16(14-17)15-22-10-12-23(13-11-22)20(26)21-18-8-3-4-9-19(18)25-2/h3-9,14H,10-13,15H2,1-2H3,(H,21,26). The Labute approximate surface area is 160 Å². The number of nitrogens with zero attached hydrogens (tertiary/aromatic N) is 2. The molecule has 0 spiro atoms. The molecule has 1 aliphatic rings. The average molecular weight is 372 g/mol. The van der Waals surface area contributed by atoms with Gasteiger partial charge in [-0.2, -0.15) is 0 Å². The Morgan fingerprint density at radius 3 is 2.50 bits per heavy atom. The smallest absolute Gasteiger partial charge is 0.173 e. The summed E-state index contributed by atoms with van der Waals surface area (Å²) in [5.74, 6) is 1.70. The Morgan fingerprint density at radius 2 is 1.77 bits per heavy atom. The number of rotatable bonds is 5. The van der Waals surface area contributed by atoms with Crippen molar-refractivity contribution in [3.63, 3.8) is 0 Å². The normalized spacial score (nSPS) is 14.8. The van der Waals surface area contributed by atoms with Crippen LogP contribution >= 0.6 is 12.2 Å². The lowest BCUT2D eigenvalue weighted by molar-refractivity contribution is 0.177. The third kappa shape index (κ3) is 4.65. The fourth-order valence-corrected chi connectivity index (χ4v) is 3.37. The van der Waals surface area contributed by atoms with Crippen LogP contribution < -0.4 is 14.8 Å². The summed E-state index contributed by atoms with van der Waals surface area (Å²) >= 11 is 5.59. The quantitative estimate of drug-likeness (QED) is 0.814. The van der Waals surface area contributed by atoms with Crippen LogP contribution in [-0.2, 0) is 6.54 Å². The molecule has 0 aromatic heterocycles. The van der Waals surface area contributed by atoms with E-state index in [4.69, 9.17) is 21.7 Å². The van der Waals surface area contributed by atoms with Crippen LogP contribution in [0.25, 0.3) is 0 Å². The van der Waals surface area contributed by atoms with E-state index in [1.165, 1.54) is 5.56 Å². The van der Waals surface area contributed by atoms with Crippen LogP contribution in [0.2, 0.25) is 0 Å².